The number of hydrogen-bond donors (Lipinski definition) is 1. The summed E-state index contributed by atoms with van der Waals surface area (Å²) >= 11 is 0. The zero-order chi connectivity index (χ0) is 15.2. The normalized spacial score (nSPS) is 10.6. The summed E-state index contributed by atoms with van der Waals surface area (Å²) in [5.41, 5.74) is 0.340. The van der Waals surface area contributed by atoms with E-state index in [1.807, 2.05) is 12.1 Å². The van der Waals surface area contributed by atoms with Gasteiger partial charge in [-0.2, -0.15) is 0 Å². The Morgan fingerprint density at radius 2 is 2.00 bits per heavy atom. The van der Waals surface area contributed by atoms with Crippen LogP contribution in [0.5, 0.6) is 11.5 Å². The lowest BCUT2D eigenvalue weighted by Crippen LogP contribution is -2.04. The van der Waals surface area contributed by atoms with E-state index in [4.69, 9.17) is 9.47 Å². The summed E-state index contributed by atoms with van der Waals surface area (Å²) in [4.78, 5) is 11.8. The molecule has 0 radical (unpaired) electrons. The smallest absolute Gasteiger partial charge is 0.338 e. The Kier molecular flexibility index (Phi) is 5.04. The third kappa shape index (κ3) is 3.66. The Morgan fingerprint density at radius 3 is 2.71 bits per heavy atom. The van der Waals surface area contributed by atoms with Gasteiger partial charge in [0.1, 0.15) is 11.5 Å². The molecule has 21 heavy (non-hydrogen) atoms. The highest BCUT2D eigenvalue weighted by Gasteiger charge is 2.11. The SMILES string of the molecule is CCCCOc1ccc2c(O)cc(C(=O)OCC)cc2c1. The van der Waals surface area contributed by atoms with Crippen molar-refractivity contribution in [3.05, 3.63) is 35.9 Å². The van der Waals surface area contributed by atoms with Gasteiger partial charge in [-0.15, -0.1) is 0 Å². The second-order valence-corrected chi connectivity index (χ2v) is 4.80. The molecule has 0 aliphatic rings. The van der Waals surface area contributed by atoms with Gasteiger partial charge in [-0.25, -0.2) is 4.79 Å². The summed E-state index contributed by atoms with van der Waals surface area (Å²) in [6.45, 7) is 4.81. The monoisotopic (exact) mass is 288 g/mol. The average Bonchev–Trinajstić information content (AvgIpc) is 2.47. The molecule has 0 spiro atoms. The van der Waals surface area contributed by atoms with E-state index < -0.39 is 5.97 Å². The van der Waals surface area contributed by atoms with E-state index in [9.17, 15) is 9.90 Å². The van der Waals surface area contributed by atoms with Gasteiger partial charge in [0.25, 0.3) is 0 Å². The van der Waals surface area contributed by atoms with Crippen molar-refractivity contribution < 1.29 is 19.4 Å². The Morgan fingerprint density at radius 1 is 1.19 bits per heavy atom. The average molecular weight is 288 g/mol. The van der Waals surface area contributed by atoms with E-state index in [1.165, 1.54) is 6.07 Å². The van der Waals surface area contributed by atoms with Crippen LogP contribution in [0, 0.1) is 0 Å². The molecule has 1 N–H and O–H groups in total. The Bertz CT molecular complexity index is 634. The Balaban J connectivity index is 2.33. The molecule has 4 heteroatoms. The van der Waals surface area contributed by atoms with E-state index in [1.54, 1.807) is 19.1 Å². The fourth-order valence-electron chi connectivity index (χ4n) is 2.08. The third-order valence-corrected chi connectivity index (χ3v) is 3.18. The van der Waals surface area contributed by atoms with Crippen LogP contribution in [0.2, 0.25) is 0 Å². The van der Waals surface area contributed by atoms with Crippen LogP contribution in [0.15, 0.2) is 30.3 Å². The fourth-order valence-corrected chi connectivity index (χ4v) is 2.08. The molecular formula is C17H20O4. The standard InChI is InChI=1S/C17H20O4/c1-3-5-8-21-14-6-7-15-12(10-14)9-13(11-16(15)18)17(19)20-4-2/h6-7,9-11,18H,3-5,8H2,1-2H3. The van der Waals surface area contributed by atoms with E-state index in [0.717, 1.165) is 24.0 Å². The first-order valence-corrected chi connectivity index (χ1v) is 7.22. The van der Waals surface area contributed by atoms with Gasteiger partial charge in [-0.3, -0.25) is 0 Å². The lowest BCUT2D eigenvalue weighted by atomic mass is 10.1. The van der Waals surface area contributed by atoms with Gasteiger partial charge in [0, 0.05) is 5.39 Å². The van der Waals surface area contributed by atoms with E-state index >= 15 is 0 Å². The molecule has 0 aromatic heterocycles. The van der Waals surface area contributed by atoms with Gasteiger partial charge < -0.3 is 14.6 Å². The molecule has 0 bridgehead atoms. The number of benzene rings is 2. The number of esters is 1. The molecule has 0 amide bonds. The molecule has 2 aromatic rings. The second kappa shape index (κ2) is 6.97. The van der Waals surface area contributed by atoms with Crippen LogP contribution in [0.25, 0.3) is 10.8 Å². The number of carbonyl (C=O) groups excluding carboxylic acids is 1. The number of ether oxygens (including phenoxy) is 2. The molecule has 0 atom stereocenters. The third-order valence-electron chi connectivity index (χ3n) is 3.18. The number of rotatable bonds is 6. The minimum absolute atomic E-state index is 0.0654. The van der Waals surface area contributed by atoms with Crippen molar-refractivity contribution >= 4 is 16.7 Å². The quantitative estimate of drug-likeness (QED) is 0.647. The lowest BCUT2D eigenvalue weighted by Gasteiger charge is -2.09. The van der Waals surface area contributed by atoms with Crippen molar-refractivity contribution in [1.29, 1.82) is 0 Å². The molecule has 0 fully saturated rings. The highest BCUT2D eigenvalue weighted by molar-refractivity contribution is 5.98. The van der Waals surface area contributed by atoms with Crippen LogP contribution in [0.4, 0.5) is 0 Å². The summed E-state index contributed by atoms with van der Waals surface area (Å²) in [6.07, 6.45) is 2.06. The minimum Gasteiger partial charge on any atom is -0.507 e. The van der Waals surface area contributed by atoms with Crippen LogP contribution in [-0.2, 0) is 4.74 Å². The van der Waals surface area contributed by atoms with E-state index in [0.29, 0.717) is 24.2 Å². The van der Waals surface area contributed by atoms with Crippen LogP contribution in [-0.4, -0.2) is 24.3 Å². The van der Waals surface area contributed by atoms with E-state index in [-0.39, 0.29) is 5.75 Å². The van der Waals surface area contributed by atoms with E-state index in [2.05, 4.69) is 6.92 Å². The summed E-state index contributed by atoms with van der Waals surface area (Å²) in [7, 11) is 0. The predicted octanol–water partition coefficient (Wildman–Crippen LogP) is 3.90. The Hall–Kier alpha value is -2.23. The van der Waals surface area contributed by atoms with Gasteiger partial charge in [-0.1, -0.05) is 13.3 Å². The van der Waals surface area contributed by atoms with Gasteiger partial charge in [-0.05, 0) is 49.1 Å². The molecule has 0 aliphatic heterocycles. The van der Waals surface area contributed by atoms with Crippen molar-refractivity contribution in [3.8, 4) is 11.5 Å². The molecule has 2 aromatic carbocycles. The van der Waals surface area contributed by atoms with Crippen molar-refractivity contribution in [2.75, 3.05) is 13.2 Å². The number of phenolic OH excluding ortho intramolecular Hbond substituents is 1. The topological polar surface area (TPSA) is 55.8 Å². The van der Waals surface area contributed by atoms with Crippen molar-refractivity contribution in [1.82, 2.24) is 0 Å². The van der Waals surface area contributed by atoms with Crippen LogP contribution in [0.3, 0.4) is 0 Å². The molecule has 4 nitrogen and oxygen atoms in total. The fraction of sp³-hybridized carbons (Fsp3) is 0.353. The minimum atomic E-state index is -0.438. The highest BCUT2D eigenvalue weighted by atomic mass is 16.5. The molecule has 0 saturated carbocycles. The summed E-state index contributed by atoms with van der Waals surface area (Å²) in [5.74, 6) is 0.360. The molecular weight excluding hydrogens is 268 g/mol. The number of phenols is 1. The van der Waals surface area contributed by atoms with Gasteiger partial charge in [0.2, 0.25) is 0 Å². The number of hydrogen-bond acceptors (Lipinski definition) is 4. The Labute approximate surface area is 124 Å². The molecule has 0 unspecified atom stereocenters. The first-order chi connectivity index (χ1) is 10.2. The molecule has 112 valence electrons. The molecule has 0 saturated heterocycles. The maximum absolute atomic E-state index is 11.8. The number of aromatic hydroxyl groups is 1. The molecule has 0 aliphatic carbocycles. The van der Waals surface area contributed by atoms with Gasteiger partial charge >= 0.3 is 5.97 Å². The maximum atomic E-state index is 11.8. The largest absolute Gasteiger partial charge is 0.507 e. The number of unbranched alkanes of at least 4 members (excludes halogenated alkanes) is 1. The number of fused-ring (bicyclic) bond motifs is 1. The molecule has 0 heterocycles. The summed E-state index contributed by atoms with van der Waals surface area (Å²) < 4.78 is 10.6. The van der Waals surface area contributed by atoms with Gasteiger partial charge in [0.15, 0.2) is 0 Å². The predicted molar refractivity (Wildman–Crippen MR) is 82.0 cm³/mol. The number of carbonyl (C=O) groups is 1. The lowest BCUT2D eigenvalue weighted by molar-refractivity contribution is 0.0526. The highest BCUT2D eigenvalue weighted by Crippen LogP contribution is 2.30. The van der Waals surface area contributed by atoms with Crippen LogP contribution < -0.4 is 4.74 Å². The second-order valence-electron chi connectivity index (χ2n) is 4.80. The van der Waals surface area contributed by atoms with Crippen LogP contribution >= 0.6 is 0 Å². The summed E-state index contributed by atoms with van der Waals surface area (Å²) in [6, 6.07) is 8.58. The zero-order valence-corrected chi connectivity index (χ0v) is 12.4. The van der Waals surface area contributed by atoms with Crippen molar-refractivity contribution in [2.24, 2.45) is 0 Å². The first-order valence-electron chi connectivity index (χ1n) is 7.22. The van der Waals surface area contributed by atoms with Gasteiger partial charge in [0.05, 0.1) is 18.8 Å². The van der Waals surface area contributed by atoms with Crippen molar-refractivity contribution in [2.45, 2.75) is 26.7 Å². The maximum Gasteiger partial charge on any atom is 0.338 e. The summed E-state index contributed by atoms with van der Waals surface area (Å²) in [5, 5.41) is 11.5. The molecule has 2 rings (SSSR count). The zero-order valence-electron chi connectivity index (χ0n) is 12.4. The first kappa shape index (κ1) is 15.2. The van der Waals surface area contributed by atoms with Crippen molar-refractivity contribution in [3.63, 3.8) is 0 Å². The van der Waals surface area contributed by atoms with Crippen LogP contribution in [0.1, 0.15) is 37.0 Å².